The normalized spacial score (nSPS) is 6.75. The molecule has 0 fully saturated rings. The van der Waals surface area contributed by atoms with E-state index in [1.807, 2.05) is 0 Å². The molecule has 0 spiro atoms. The second-order valence-corrected chi connectivity index (χ2v) is 1.55. The van der Waals surface area contributed by atoms with Gasteiger partial charge in [-0.15, -0.1) is 0 Å². The van der Waals surface area contributed by atoms with Crippen LogP contribution in [0.2, 0.25) is 0 Å². The van der Waals surface area contributed by atoms with Gasteiger partial charge in [0.25, 0.3) is 0 Å². The minimum absolute atomic E-state index is 0. The van der Waals surface area contributed by atoms with Gasteiger partial charge < -0.3 is 23.4 Å². The van der Waals surface area contributed by atoms with E-state index in [1.54, 1.807) is 0 Å². The number of rotatable bonds is 3. The molecule has 0 aromatic carbocycles. The molecule has 46 valence electrons. The van der Waals surface area contributed by atoms with E-state index in [1.165, 1.54) is 19.3 Å². The first-order valence-electron chi connectivity index (χ1n) is 2.69. The number of hydrogen-bond donors (Lipinski definition) is 0. The maximum Gasteiger partial charge on any atom is 2.00 e. The van der Waals surface area contributed by atoms with Gasteiger partial charge in [-0.2, -0.15) is 13.3 Å². The van der Waals surface area contributed by atoms with Gasteiger partial charge in [-0.25, -0.2) is 0 Å². The maximum absolute atomic E-state index is 2.21. The van der Waals surface area contributed by atoms with Crippen molar-refractivity contribution in [2.45, 2.75) is 33.1 Å². The van der Waals surface area contributed by atoms with Crippen molar-refractivity contribution in [1.82, 2.24) is 0 Å². The van der Waals surface area contributed by atoms with Crippen LogP contribution in [0.15, 0.2) is 0 Å². The quantitative estimate of drug-likeness (QED) is 0.345. The van der Waals surface area contributed by atoms with Gasteiger partial charge in [-0.05, 0) is 0 Å². The molecule has 0 aliphatic carbocycles. The van der Waals surface area contributed by atoms with Gasteiger partial charge in [0.2, 0.25) is 0 Å². The second-order valence-electron chi connectivity index (χ2n) is 1.55. The Labute approximate surface area is 76.0 Å². The zero-order valence-electron chi connectivity index (χ0n) is 5.78. The van der Waals surface area contributed by atoms with Gasteiger partial charge in [0.05, 0.1) is 0 Å². The molecule has 0 aliphatic rings. The van der Waals surface area contributed by atoms with Gasteiger partial charge in [0.1, 0.15) is 0 Å². The third-order valence-electron chi connectivity index (χ3n) is 0.846. The molecule has 0 saturated carbocycles. The van der Waals surface area contributed by atoms with Crippen LogP contribution in [-0.4, -0.2) is 0 Å². The van der Waals surface area contributed by atoms with Crippen LogP contribution in [0.3, 0.4) is 0 Å². The van der Waals surface area contributed by atoms with Gasteiger partial charge in [0.15, 0.2) is 0 Å². The van der Waals surface area contributed by atoms with E-state index in [0.29, 0.717) is 0 Å². The summed E-state index contributed by atoms with van der Waals surface area (Å²) in [5, 5.41) is 0. The van der Waals surface area contributed by atoms with Gasteiger partial charge in [-0.1, -0.05) is 19.8 Å². The zero-order valence-corrected chi connectivity index (χ0v) is 10.3. The van der Waals surface area contributed by atoms with Crippen molar-refractivity contribution in [3.05, 3.63) is 6.42 Å². The molecular formula is C6H13BrZn. The minimum Gasteiger partial charge on any atom is -1.00 e. The third kappa shape index (κ3) is 15.7. The Morgan fingerprint density at radius 2 is 1.88 bits per heavy atom. The van der Waals surface area contributed by atoms with Gasteiger partial charge in [-0.3, -0.25) is 0 Å². The van der Waals surface area contributed by atoms with Crippen LogP contribution in [0.25, 0.3) is 0 Å². The third-order valence-corrected chi connectivity index (χ3v) is 0.846. The Kier molecular flexibility index (Phi) is 31.5. The summed E-state index contributed by atoms with van der Waals surface area (Å²) in [6.07, 6.45) is 6.18. The smallest absolute Gasteiger partial charge is 1.00 e. The Hall–Kier alpha value is 1.10. The summed E-state index contributed by atoms with van der Waals surface area (Å²) in [6.45, 7) is 4.32. The van der Waals surface area contributed by atoms with E-state index < -0.39 is 0 Å². The summed E-state index contributed by atoms with van der Waals surface area (Å²) in [5.74, 6) is 0. The summed E-state index contributed by atoms with van der Waals surface area (Å²) in [7, 11) is 0. The molecule has 0 bridgehead atoms. The van der Waals surface area contributed by atoms with Crippen molar-refractivity contribution < 1.29 is 36.5 Å². The summed E-state index contributed by atoms with van der Waals surface area (Å²) < 4.78 is 0. The molecule has 0 rings (SSSR count). The predicted octanol–water partition coefficient (Wildman–Crippen LogP) is -0.598. The molecule has 0 atom stereocenters. The molecule has 0 radical (unpaired) electrons. The van der Waals surface area contributed by atoms with Crippen molar-refractivity contribution in [3.63, 3.8) is 0 Å². The van der Waals surface area contributed by atoms with Crippen LogP contribution >= 0.6 is 0 Å². The summed E-state index contributed by atoms with van der Waals surface area (Å²) in [5.41, 5.74) is 0. The Morgan fingerprint density at radius 1 is 1.38 bits per heavy atom. The van der Waals surface area contributed by atoms with Crippen LogP contribution in [-0.2, 0) is 19.5 Å². The van der Waals surface area contributed by atoms with Crippen LogP contribution in [0.4, 0.5) is 0 Å². The van der Waals surface area contributed by atoms with Crippen LogP contribution in [0.1, 0.15) is 33.1 Å². The first kappa shape index (κ1) is 16.0. The van der Waals surface area contributed by atoms with Crippen molar-refractivity contribution in [3.8, 4) is 0 Å². The number of unbranched alkanes of at least 4 members (excludes halogenated alkanes) is 3. The molecule has 0 aromatic heterocycles. The first-order valence-corrected chi connectivity index (χ1v) is 2.69. The summed E-state index contributed by atoms with van der Waals surface area (Å²) in [4.78, 5) is 0. The minimum atomic E-state index is 0. The number of halogens is 1. The fourth-order valence-electron chi connectivity index (χ4n) is 0.408. The molecule has 8 heavy (non-hydrogen) atoms. The van der Waals surface area contributed by atoms with E-state index in [9.17, 15) is 0 Å². The molecule has 0 aliphatic heterocycles. The van der Waals surface area contributed by atoms with Gasteiger partial charge >= 0.3 is 19.5 Å². The van der Waals surface area contributed by atoms with Gasteiger partial charge in [0, 0.05) is 0 Å². The Bertz CT molecular complexity index is 20.5. The second kappa shape index (κ2) is 15.7. The van der Waals surface area contributed by atoms with Crippen molar-refractivity contribution in [2.24, 2.45) is 0 Å². The maximum atomic E-state index is 2.21. The molecule has 0 saturated heterocycles. The van der Waals surface area contributed by atoms with Crippen LogP contribution in [0, 0.1) is 6.42 Å². The van der Waals surface area contributed by atoms with Crippen LogP contribution in [0.5, 0.6) is 0 Å². The molecular weight excluding hydrogens is 217 g/mol. The van der Waals surface area contributed by atoms with E-state index in [4.69, 9.17) is 0 Å². The topological polar surface area (TPSA) is 0 Å². The molecule has 0 aromatic rings. The SMILES string of the molecule is C[CH-]CCCC.[Br-].[Zn+2]. The molecule has 0 amide bonds. The zero-order chi connectivity index (χ0) is 4.83. The van der Waals surface area contributed by atoms with Crippen molar-refractivity contribution >= 4 is 0 Å². The summed E-state index contributed by atoms with van der Waals surface area (Å²) >= 11 is 0. The van der Waals surface area contributed by atoms with Crippen molar-refractivity contribution in [2.75, 3.05) is 0 Å². The van der Waals surface area contributed by atoms with E-state index in [-0.39, 0.29) is 36.5 Å². The number of hydrogen-bond acceptors (Lipinski definition) is 0. The summed E-state index contributed by atoms with van der Waals surface area (Å²) in [6, 6.07) is 0. The Balaban J connectivity index is -0.000000125. The van der Waals surface area contributed by atoms with E-state index in [2.05, 4.69) is 20.3 Å². The largest absolute Gasteiger partial charge is 2.00 e. The standard InChI is InChI=1S/C6H13.BrH.Zn/c1-3-5-6-4-2;;/h3H,4-6H2,1-2H3;1H;/q-1;;+2/p-1. The Morgan fingerprint density at radius 3 is 2.00 bits per heavy atom. The molecule has 0 N–H and O–H groups in total. The van der Waals surface area contributed by atoms with Crippen molar-refractivity contribution in [1.29, 1.82) is 0 Å². The molecule has 2 heteroatoms. The average molecular weight is 230 g/mol. The average Bonchev–Trinajstić information content (AvgIpc) is 1.61. The molecule has 0 unspecified atom stereocenters. The molecule has 0 heterocycles. The molecule has 0 nitrogen and oxygen atoms in total. The van der Waals surface area contributed by atoms with Crippen LogP contribution < -0.4 is 17.0 Å². The first-order chi connectivity index (χ1) is 2.91. The monoisotopic (exact) mass is 228 g/mol. The van der Waals surface area contributed by atoms with E-state index in [0.717, 1.165) is 0 Å². The fraction of sp³-hybridized carbons (Fsp3) is 0.833. The fourth-order valence-corrected chi connectivity index (χ4v) is 0.408. The van der Waals surface area contributed by atoms with E-state index >= 15 is 0 Å². The predicted molar refractivity (Wildman–Crippen MR) is 29.5 cm³/mol.